The maximum absolute atomic E-state index is 11.8. The Morgan fingerprint density at radius 1 is 1.44 bits per heavy atom. The van der Waals surface area contributed by atoms with E-state index < -0.39 is 0 Å². The molecule has 4 nitrogen and oxygen atoms in total. The molecule has 84 valence electrons. The number of hydrogen-bond acceptors (Lipinski definition) is 3. The molecule has 0 saturated heterocycles. The Labute approximate surface area is 98.7 Å². The number of carbonyl (C=O) groups is 1. The van der Waals surface area contributed by atoms with E-state index in [9.17, 15) is 4.79 Å². The largest absolute Gasteiger partial charge is 0.348 e. The Morgan fingerprint density at radius 2 is 2.31 bits per heavy atom. The van der Waals surface area contributed by atoms with Crippen LogP contribution in [0.4, 0.5) is 0 Å². The van der Waals surface area contributed by atoms with Gasteiger partial charge in [0.05, 0.1) is 12.4 Å². The quantitative estimate of drug-likeness (QED) is 0.801. The van der Waals surface area contributed by atoms with Crippen molar-refractivity contribution in [3.63, 3.8) is 0 Å². The molecule has 2 rings (SSSR count). The van der Waals surface area contributed by atoms with Gasteiger partial charge in [-0.3, -0.25) is 9.78 Å². The average molecular weight is 238 g/mol. The third kappa shape index (κ3) is 2.79. The van der Waals surface area contributed by atoms with Crippen LogP contribution in [0.3, 0.4) is 0 Å². The second kappa shape index (κ2) is 5.07. The van der Waals surface area contributed by atoms with E-state index in [1.165, 1.54) is 12.4 Å². The monoisotopic (exact) mass is 237 g/mol. The molecule has 0 aromatic carbocycles. The molecule has 0 spiro atoms. The number of aromatic nitrogens is 2. The summed E-state index contributed by atoms with van der Waals surface area (Å²) in [6.07, 6.45) is 9.88. The molecule has 5 heteroatoms. The summed E-state index contributed by atoms with van der Waals surface area (Å²) in [6.45, 7) is 0. The van der Waals surface area contributed by atoms with Gasteiger partial charge in [-0.15, -0.1) is 0 Å². The number of hydrogen-bond donors (Lipinski definition) is 1. The van der Waals surface area contributed by atoms with Crippen LogP contribution in [0.15, 0.2) is 24.5 Å². The summed E-state index contributed by atoms with van der Waals surface area (Å²) in [5.41, 5.74) is 0.266. The number of nitrogens with zero attached hydrogens (tertiary/aromatic N) is 2. The van der Waals surface area contributed by atoms with Crippen LogP contribution in [0.2, 0.25) is 5.15 Å². The maximum atomic E-state index is 11.8. The first-order chi connectivity index (χ1) is 7.75. The molecule has 1 atom stereocenters. The van der Waals surface area contributed by atoms with Gasteiger partial charge in [-0.2, -0.15) is 0 Å². The lowest BCUT2D eigenvalue weighted by atomic mass is 10.0. The molecule has 16 heavy (non-hydrogen) atoms. The van der Waals surface area contributed by atoms with E-state index in [2.05, 4.69) is 27.4 Å². The Morgan fingerprint density at radius 3 is 3.00 bits per heavy atom. The molecule has 0 aliphatic heterocycles. The summed E-state index contributed by atoms with van der Waals surface area (Å²) in [4.78, 5) is 19.5. The second-order valence-electron chi connectivity index (χ2n) is 3.68. The fourth-order valence-electron chi connectivity index (χ4n) is 1.64. The first-order valence-electron chi connectivity index (χ1n) is 5.19. The fraction of sp³-hybridized carbons (Fsp3) is 0.364. The molecule has 1 heterocycles. The van der Waals surface area contributed by atoms with Crippen molar-refractivity contribution in [1.29, 1.82) is 0 Å². The van der Waals surface area contributed by atoms with E-state index in [0.717, 1.165) is 19.3 Å². The Kier molecular flexibility index (Phi) is 3.51. The van der Waals surface area contributed by atoms with E-state index in [-0.39, 0.29) is 22.8 Å². The van der Waals surface area contributed by atoms with E-state index in [4.69, 9.17) is 11.6 Å². The summed E-state index contributed by atoms with van der Waals surface area (Å²) in [7, 11) is 0. The molecule has 1 aromatic rings. The molecule has 1 N–H and O–H groups in total. The van der Waals surface area contributed by atoms with Gasteiger partial charge in [-0.25, -0.2) is 4.98 Å². The molecule has 0 radical (unpaired) electrons. The van der Waals surface area contributed by atoms with Crippen molar-refractivity contribution in [2.75, 3.05) is 0 Å². The molecule has 1 aliphatic rings. The minimum absolute atomic E-state index is 0.193. The van der Waals surface area contributed by atoms with Gasteiger partial charge in [0.25, 0.3) is 5.91 Å². The molecule has 1 amide bonds. The lowest BCUT2D eigenvalue weighted by molar-refractivity contribution is 0.0929. The predicted molar refractivity (Wildman–Crippen MR) is 61.3 cm³/mol. The van der Waals surface area contributed by atoms with Crippen molar-refractivity contribution in [1.82, 2.24) is 15.3 Å². The van der Waals surface area contributed by atoms with Gasteiger partial charge in [-0.1, -0.05) is 23.8 Å². The number of amides is 1. The Balaban J connectivity index is 2.00. The fourth-order valence-corrected chi connectivity index (χ4v) is 1.78. The van der Waals surface area contributed by atoms with Gasteiger partial charge < -0.3 is 5.32 Å². The predicted octanol–water partition coefficient (Wildman–Crippen LogP) is 1.97. The van der Waals surface area contributed by atoms with Crippen molar-refractivity contribution >= 4 is 17.5 Å². The van der Waals surface area contributed by atoms with E-state index in [0.29, 0.717) is 0 Å². The number of nitrogens with one attached hydrogen (secondary N) is 1. The van der Waals surface area contributed by atoms with Crippen molar-refractivity contribution in [3.05, 3.63) is 35.4 Å². The zero-order chi connectivity index (χ0) is 11.4. The summed E-state index contributed by atoms with van der Waals surface area (Å²) in [5.74, 6) is -0.213. The zero-order valence-corrected chi connectivity index (χ0v) is 9.44. The topological polar surface area (TPSA) is 54.9 Å². The van der Waals surface area contributed by atoms with Crippen molar-refractivity contribution in [2.24, 2.45) is 0 Å². The summed E-state index contributed by atoms with van der Waals surface area (Å²) in [6, 6.07) is 0.193. The van der Waals surface area contributed by atoms with Gasteiger partial charge in [0.15, 0.2) is 0 Å². The average Bonchev–Trinajstić information content (AvgIpc) is 2.30. The van der Waals surface area contributed by atoms with Crippen LogP contribution in [-0.2, 0) is 0 Å². The highest BCUT2D eigenvalue weighted by molar-refractivity contribution is 6.29. The van der Waals surface area contributed by atoms with Gasteiger partial charge in [0.1, 0.15) is 10.8 Å². The minimum atomic E-state index is -0.213. The van der Waals surface area contributed by atoms with Crippen LogP contribution < -0.4 is 5.32 Å². The third-order valence-electron chi connectivity index (χ3n) is 2.44. The van der Waals surface area contributed by atoms with Crippen molar-refractivity contribution in [2.45, 2.75) is 25.3 Å². The second-order valence-corrected chi connectivity index (χ2v) is 4.07. The van der Waals surface area contributed by atoms with Crippen molar-refractivity contribution in [3.8, 4) is 0 Å². The van der Waals surface area contributed by atoms with Gasteiger partial charge >= 0.3 is 0 Å². The van der Waals surface area contributed by atoms with Crippen LogP contribution in [0.5, 0.6) is 0 Å². The lowest BCUT2D eigenvalue weighted by Crippen LogP contribution is -2.35. The molecule has 0 bridgehead atoms. The maximum Gasteiger partial charge on any atom is 0.271 e. The molecule has 0 saturated carbocycles. The molecule has 1 aliphatic carbocycles. The van der Waals surface area contributed by atoms with Crippen LogP contribution in [0.25, 0.3) is 0 Å². The first-order valence-corrected chi connectivity index (χ1v) is 5.57. The van der Waals surface area contributed by atoms with Gasteiger partial charge in [0.2, 0.25) is 0 Å². The molecule has 1 unspecified atom stereocenters. The van der Waals surface area contributed by atoms with Crippen LogP contribution in [0.1, 0.15) is 29.8 Å². The van der Waals surface area contributed by atoms with Crippen molar-refractivity contribution < 1.29 is 4.79 Å². The normalized spacial score (nSPS) is 19.4. The summed E-state index contributed by atoms with van der Waals surface area (Å²) in [5, 5.41) is 3.14. The van der Waals surface area contributed by atoms with Crippen LogP contribution in [0, 0.1) is 0 Å². The number of rotatable bonds is 2. The van der Waals surface area contributed by atoms with Gasteiger partial charge in [-0.05, 0) is 19.3 Å². The Hall–Kier alpha value is -1.42. The summed E-state index contributed by atoms with van der Waals surface area (Å²) < 4.78 is 0. The zero-order valence-electron chi connectivity index (χ0n) is 8.69. The standard InChI is InChI=1S/C11H12ClN3O/c12-10-7-13-6-9(15-10)11(16)14-8-4-2-1-3-5-8/h1-2,6-8H,3-5H2,(H,14,16). The van der Waals surface area contributed by atoms with Crippen LogP contribution >= 0.6 is 11.6 Å². The van der Waals surface area contributed by atoms with E-state index in [1.807, 2.05) is 0 Å². The summed E-state index contributed by atoms with van der Waals surface area (Å²) >= 11 is 5.67. The van der Waals surface area contributed by atoms with Gasteiger partial charge in [0, 0.05) is 6.04 Å². The number of allylic oxidation sites excluding steroid dienone is 1. The Bertz CT molecular complexity index is 419. The molecular formula is C11H12ClN3O. The highest BCUT2D eigenvalue weighted by Crippen LogP contribution is 2.11. The highest BCUT2D eigenvalue weighted by Gasteiger charge is 2.15. The molecule has 1 aromatic heterocycles. The van der Waals surface area contributed by atoms with Crippen LogP contribution in [-0.4, -0.2) is 21.9 Å². The highest BCUT2D eigenvalue weighted by atomic mass is 35.5. The lowest BCUT2D eigenvalue weighted by Gasteiger charge is -2.18. The number of carbonyl (C=O) groups excluding carboxylic acids is 1. The van der Waals surface area contributed by atoms with E-state index in [1.54, 1.807) is 0 Å². The molecule has 0 fully saturated rings. The first kappa shape index (κ1) is 11.1. The molecular weight excluding hydrogens is 226 g/mol. The SMILES string of the molecule is O=C(NC1CC=CCC1)c1cncc(Cl)n1. The minimum Gasteiger partial charge on any atom is -0.348 e. The number of halogens is 1. The van der Waals surface area contributed by atoms with E-state index >= 15 is 0 Å². The third-order valence-corrected chi connectivity index (χ3v) is 2.62. The smallest absolute Gasteiger partial charge is 0.271 e.